The highest BCUT2D eigenvalue weighted by molar-refractivity contribution is 5.70. The molecule has 1 aliphatic rings. The molecule has 0 aromatic heterocycles. The van der Waals surface area contributed by atoms with Crippen LogP contribution in [-0.4, -0.2) is 19.5 Å². The van der Waals surface area contributed by atoms with E-state index < -0.39 is 0 Å². The minimum Gasteiger partial charge on any atom is -0.472 e. The van der Waals surface area contributed by atoms with Gasteiger partial charge in [-0.1, -0.05) is 24.8 Å². The summed E-state index contributed by atoms with van der Waals surface area (Å²) in [4.78, 5) is 3.99. The van der Waals surface area contributed by atoms with Gasteiger partial charge < -0.3 is 4.74 Å². The van der Waals surface area contributed by atoms with Crippen LogP contribution in [0.15, 0.2) is 29.8 Å². The molecule has 0 spiro atoms. The highest BCUT2D eigenvalue weighted by atomic mass is 16.5. The van der Waals surface area contributed by atoms with Crippen molar-refractivity contribution in [2.75, 3.05) is 6.54 Å². The van der Waals surface area contributed by atoms with Gasteiger partial charge >= 0.3 is 0 Å². The summed E-state index contributed by atoms with van der Waals surface area (Å²) in [5.41, 5.74) is 7.72. The molecule has 2 N–H and O–H groups in total. The molecular weight excluding hydrogens is 202 g/mol. The van der Waals surface area contributed by atoms with E-state index in [2.05, 4.69) is 29.1 Å². The molecule has 16 heavy (non-hydrogen) atoms. The number of benzene rings is 1. The first-order valence-electron chi connectivity index (χ1n) is 5.22. The molecule has 84 valence electrons. The van der Waals surface area contributed by atoms with Crippen molar-refractivity contribution in [2.24, 2.45) is 4.99 Å². The van der Waals surface area contributed by atoms with Gasteiger partial charge in [-0.05, 0) is 12.8 Å². The van der Waals surface area contributed by atoms with E-state index >= 15 is 0 Å². The van der Waals surface area contributed by atoms with Crippen LogP contribution in [0.3, 0.4) is 0 Å². The molecule has 0 aliphatic carbocycles. The summed E-state index contributed by atoms with van der Waals surface area (Å²) in [6, 6.07) is 5.74. The van der Waals surface area contributed by atoms with Crippen LogP contribution in [0.4, 0.5) is 5.69 Å². The zero-order valence-corrected chi connectivity index (χ0v) is 9.07. The first-order valence-corrected chi connectivity index (χ1v) is 5.22. The van der Waals surface area contributed by atoms with E-state index in [9.17, 15) is 0 Å². The van der Waals surface area contributed by atoms with Crippen LogP contribution in [-0.2, 0) is 0 Å². The predicted molar refractivity (Wildman–Crippen MR) is 65.9 cm³/mol. The minimum atomic E-state index is -0.0134. The average molecular weight is 217 g/mol. The molecule has 1 fully saturated rings. The maximum absolute atomic E-state index is 5.78. The lowest BCUT2D eigenvalue weighted by molar-refractivity contribution is 0.181. The molecule has 0 amide bonds. The summed E-state index contributed by atoms with van der Waals surface area (Å²) in [6.07, 6.45) is 2.66. The Hall–Kier alpha value is -1.65. The van der Waals surface area contributed by atoms with Crippen LogP contribution >= 0.6 is 0 Å². The topological polar surface area (TPSA) is 45.6 Å². The van der Waals surface area contributed by atoms with Crippen LogP contribution in [0.25, 0.3) is 6.08 Å². The number of nitrogens with one attached hydrogen (secondary N) is 2. The minimum absolute atomic E-state index is 0.0134. The zero-order valence-electron chi connectivity index (χ0n) is 9.07. The second-order valence-electron chi connectivity index (χ2n) is 3.52. The maximum atomic E-state index is 5.78. The number of hydrogen-bond donors (Lipinski definition) is 2. The van der Waals surface area contributed by atoms with Gasteiger partial charge in [-0.2, -0.15) is 0 Å². The van der Waals surface area contributed by atoms with E-state index in [0.29, 0.717) is 0 Å². The standard InChI is InChI=1S/C12H15N3O/c1-3-9-5-4-6-10(12(9)13-2)16-11-7-8-14-15-11/h3-6,11,14-15H,1-2,7-8H2. The van der Waals surface area contributed by atoms with Crippen molar-refractivity contribution >= 4 is 18.5 Å². The molecule has 0 saturated carbocycles. The van der Waals surface area contributed by atoms with Crippen molar-refractivity contribution in [1.82, 2.24) is 10.9 Å². The quantitative estimate of drug-likeness (QED) is 0.757. The van der Waals surface area contributed by atoms with Crippen LogP contribution in [0.5, 0.6) is 5.75 Å². The average Bonchev–Trinajstić information content (AvgIpc) is 2.81. The second-order valence-corrected chi connectivity index (χ2v) is 3.52. The fourth-order valence-corrected chi connectivity index (χ4v) is 1.67. The molecule has 1 atom stereocenters. The highest BCUT2D eigenvalue weighted by Gasteiger charge is 2.17. The van der Waals surface area contributed by atoms with E-state index in [1.165, 1.54) is 0 Å². The van der Waals surface area contributed by atoms with Gasteiger partial charge in [-0.15, -0.1) is 0 Å². The SMILES string of the molecule is C=Cc1cccc(OC2CCNN2)c1N=C. The van der Waals surface area contributed by atoms with Gasteiger partial charge in [-0.3, -0.25) is 10.4 Å². The fourth-order valence-electron chi connectivity index (χ4n) is 1.67. The molecule has 1 heterocycles. The van der Waals surface area contributed by atoms with Gasteiger partial charge in [0, 0.05) is 18.5 Å². The Morgan fingerprint density at radius 1 is 1.50 bits per heavy atom. The number of hydrogen-bond acceptors (Lipinski definition) is 4. The van der Waals surface area contributed by atoms with Crippen molar-refractivity contribution in [3.63, 3.8) is 0 Å². The molecule has 4 heteroatoms. The monoisotopic (exact) mass is 217 g/mol. The lowest BCUT2D eigenvalue weighted by Gasteiger charge is -2.15. The van der Waals surface area contributed by atoms with E-state index in [1.54, 1.807) is 6.08 Å². The molecule has 1 aliphatic heterocycles. The third-order valence-electron chi connectivity index (χ3n) is 2.47. The number of aliphatic imine (C=N–C) groups is 1. The van der Waals surface area contributed by atoms with E-state index in [1.807, 2.05) is 18.2 Å². The Balaban J connectivity index is 2.24. The molecular formula is C12H15N3O. The predicted octanol–water partition coefficient (Wildman–Crippen LogP) is 1.86. The third kappa shape index (κ3) is 2.13. The number of ether oxygens (including phenoxy) is 1. The largest absolute Gasteiger partial charge is 0.472 e. The lowest BCUT2D eigenvalue weighted by Crippen LogP contribution is -2.33. The number of hydrazine groups is 1. The first kappa shape index (κ1) is 10.9. The Kier molecular flexibility index (Phi) is 3.34. The van der Waals surface area contributed by atoms with E-state index in [4.69, 9.17) is 4.74 Å². The Morgan fingerprint density at radius 3 is 3.00 bits per heavy atom. The maximum Gasteiger partial charge on any atom is 0.163 e. The third-order valence-corrected chi connectivity index (χ3v) is 2.47. The summed E-state index contributed by atoms with van der Waals surface area (Å²) in [6.45, 7) is 8.21. The van der Waals surface area contributed by atoms with Gasteiger partial charge in [0.1, 0.15) is 11.4 Å². The summed E-state index contributed by atoms with van der Waals surface area (Å²) >= 11 is 0. The summed E-state index contributed by atoms with van der Waals surface area (Å²) < 4.78 is 5.78. The molecule has 0 bridgehead atoms. The van der Waals surface area contributed by atoms with Crippen LogP contribution in [0.2, 0.25) is 0 Å². The fraction of sp³-hybridized carbons (Fsp3) is 0.250. The smallest absolute Gasteiger partial charge is 0.163 e. The molecule has 1 aromatic rings. The molecule has 2 rings (SSSR count). The first-order chi connectivity index (χ1) is 7.85. The number of para-hydroxylation sites is 1. The summed E-state index contributed by atoms with van der Waals surface area (Å²) in [5, 5.41) is 0. The number of rotatable bonds is 4. The van der Waals surface area contributed by atoms with Crippen molar-refractivity contribution < 1.29 is 4.74 Å². The van der Waals surface area contributed by atoms with E-state index in [-0.39, 0.29) is 6.23 Å². The molecule has 0 radical (unpaired) electrons. The Morgan fingerprint density at radius 2 is 2.38 bits per heavy atom. The van der Waals surface area contributed by atoms with Crippen molar-refractivity contribution in [3.05, 3.63) is 30.3 Å². The van der Waals surface area contributed by atoms with E-state index in [0.717, 1.165) is 30.0 Å². The van der Waals surface area contributed by atoms with Crippen molar-refractivity contribution in [1.29, 1.82) is 0 Å². The Labute approximate surface area is 95.0 Å². The highest BCUT2D eigenvalue weighted by Crippen LogP contribution is 2.32. The van der Waals surface area contributed by atoms with Gasteiger partial charge in [0.25, 0.3) is 0 Å². The summed E-state index contributed by atoms with van der Waals surface area (Å²) in [7, 11) is 0. The Bertz CT molecular complexity index is 397. The zero-order chi connectivity index (χ0) is 11.4. The van der Waals surface area contributed by atoms with Gasteiger partial charge in [-0.25, -0.2) is 5.43 Å². The van der Waals surface area contributed by atoms with Crippen LogP contribution < -0.4 is 15.6 Å². The molecule has 1 aromatic carbocycles. The second kappa shape index (κ2) is 4.92. The molecule has 1 unspecified atom stereocenters. The van der Waals surface area contributed by atoms with Crippen molar-refractivity contribution in [3.8, 4) is 5.75 Å². The lowest BCUT2D eigenvalue weighted by atomic mass is 10.1. The normalized spacial score (nSPS) is 19.4. The van der Waals surface area contributed by atoms with Crippen LogP contribution in [0.1, 0.15) is 12.0 Å². The summed E-state index contributed by atoms with van der Waals surface area (Å²) in [5.74, 6) is 0.730. The van der Waals surface area contributed by atoms with Gasteiger partial charge in [0.05, 0.1) is 0 Å². The van der Waals surface area contributed by atoms with Gasteiger partial charge in [0.2, 0.25) is 0 Å². The number of nitrogens with zero attached hydrogens (tertiary/aromatic N) is 1. The van der Waals surface area contributed by atoms with Crippen molar-refractivity contribution in [2.45, 2.75) is 12.6 Å². The van der Waals surface area contributed by atoms with Crippen LogP contribution in [0, 0.1) is 0 Å². The molecule has 1 saturated heterocycles. The molecule has 4 nitrogen and oxygen atoms in total. The van der Waals surface area contributed by atoms with Gasteiger partial charge in [0.15, 0.2) is 6.23 Å².